The van der Waals surface area contributed by atoms with Crippen LogP contribution in [0.3, 0.4) is 0 Å². The second kappa shape index (κ2) is 4.15. The molecule has 1 unspecified atom stereocenters. The van der Waals surface area contributed by atoms with Gasteiger partial charge in [0.2, 0.25) is 0 Å². The average molecular weight is 282 g/mol. The second-order valence-electron chi connectivity index (χ2n) is 5.37. The van der Waals surface area contributed by atoms with Crippen molar-refractivity contribution in [2.45, 2.75) is 51.0 Å². The Morgan fingerprint density at radius 3 is 2.25 bits per heavy atom. The highest BCUT2D eigenvalue weighted by Gasteiger charge is 2.47. The fraction of sp³-hybridized carbons (Fsp3) is 0.571. The number of hydrogen-bond donors (Lipinski definition) is 1. The fourth-order valence-corrected chi connectivity index (χ4v) is 2.89. The van der Waals surface area contributed by atoms with E-state index >= 15 is 0 Å². The van der Waals surface area contributed by atoms with E-state index in [1.165, 1.54) is 28.4 Å². The molecule has 2 N–H and O–H groups in total. The average Bonchev–Trinajstić information content (AvgIpc) is 2.97. The smallest absolute Gasteiger partial charge is 0.0181 e. The molecule has 0 saturated heterocycles. The maximum atomic E-state index is 6.13. The zero-order valence-corrected chi connectivity index (χ0v) is 11.8. The van der Waals surface area contributed by atoms with E-state index in [1.807, 2.05) is 0 Å². The Morgan fingerprint density at radius 2 is 1.81 bits per heavy atom. The normalized spacial score (nSPS) is 19.9. The van der Waals surface area contributed by atoms with E-state index in [9.17, 15) is 0 Å². The molecule has 0 radical (unpaired) electrons. The summed E-state index contributed by atoms with van der Waals surface area (Å²) in [5, 5.41) is 0. The number of benzene rings is 1. The first-order valence-corrected chi connectivity index (χ1v) is 6.81. The molecule has 2 heteroatoms. The lowest BCUT2D eigenvalue weighted by molar-refractivity contribution is 0.555. The lowest BCUT2D eigenvalue weighted by atomic mass is 9.87. The summed E-state index contributed by atoms with van der Waals surface area (Å²) in [5.74, 6) is 0.570. The van der Waals surface area contributed by atoms with Crippen molar-refractivity contribution < 1.29 is 0 Å². The zero-order valence-electron chi connectivity index (χ0n) is 10.3. The Labute approximate surface area is 107 Å². The minimum absolute atomic E-state index is 0.252. The number of nitrogens with two attached hydrogens (primary N) is 1. The third kappa shape index (κ3) is 2.05. The third-order valence-electron chi connectivity index (χ3n) is 3.82. The molecule has 0 heterocycles. The fourth-order valence-electron chi connectivity index (χ4n) is 2.37. The van der Waals surface area contributed by atoms with Crippen LogP contribution in [0.2, 0.25) is 0 Å². The van der Waals surface area contributed by atoms with Crippen LogP contribution in [0, 0.1) is 0 Å². The molecule has 0 amide bonds. The molecule has 1 aliphatic carbocycles. The highest BCUT2D eigenvalue weighted by Crippen LogP contribution is 2.51. The van der Waals surface area contributed by atoms with Gasteiger partial charge in [-0.15, -0.1) is 0 Å². The Hall–Kier alpha value is -0.340. The van der Waals surface area contributed by atoms with Gasteiger partial charge in [-0.25, -0.2) is 0 Å². The minimum Gasteiger partial charge on any atom is -0.327 e. The summed E-state index contributed by atoms with van der Waals surface area (Å²) in [5.41, 5.74) is 9.20. The Morgan fingerprint density at radius 1 is 1.19 bits per heavy atom. The summed E-state index contributed by atoms with van der Waals surface area (Å²) in [6.45, 7) is 6.59. The first-order chi connectivity index (χ1) is 7.45. The van der Waals surface area contributed by atoms with Crippen molar-refractivity contribution in [3.05, 3.63) is 33.8 Å². The summed E-state index contributed by atoms with van der Waals surface area (Å²) in [4.78, 5) is 0. The number of rotatable bonds is 3. The molecule has 2 rings (SSSR count). The van der Waals surface area contributed by atoms with Crippen LogP contribution in [0.4, 0.5) is 0 Å². The van der Waals surface area contributed by atoms with E-state index in [0.29, 0.717) is 5.92 Å². The first kappa shape index (κ1) is 12.1. The molecule has 0 bridgehead atoms. The monoisotopic (exact) mass is 281 g/mol. The lowest BCUT2D eigenvalue weighted by Crippen LogP contribution is -2.31. The number of halogens is 1. The van der Waals surface area contributed by atoms with Crippen LogP contribution >= 0.6 is 15.9 Å². The van der Waals surface area contributed by atoms with Crippen molar-refractivity contribution in [1.82, 2.24) is 0 Å². The summed E-state index contributed by atoms with van der Waals surface area (Å²) < 4.78 is 1.18. The van der Waals surface area contributed by atoms with Crippen molar-refractivity contribution in [3.8, 4) is 0 Å². The van der Waals surface area contributed by atoms with Crippen molar-refractivity contribution in [2.75, 3.05) is 0 Å². The molecule has 1 fully saturated rings. The SMILES string of the molecule is CC(C)c1cc(Br)cc(C2(C(C)N)CC2)c1. The topological polar surface area (TPSA) is 26.0 Å². The predicted octanol–water partition coefficient (Wildman–Crippen LogP) is 3.95. The summed E-state index contributed by atoms with van der Waals surface area (Å²) in [7, 11) is 0. The van der Waals surface area contributed by atoms with Gasteiger partial charge >= 0.3 is 0 Å². The van der Waals surface area contributed by atoms with E-state index in [4.69, 9.17) is 5.73 Å². The molecule has 1 saturated carbocycles. The molecule has 1 aromatic rings. The highest BCUT2D eigenvalue weighted by molar-refractivity contribution is 9.10. The van der Waals surface area contributed by atoms with Crippen molar-refractivity contribution >= 4 is 15.9 Å². The van der Waals surface area contributed by atoms with Crippen molar-refractivity contribution in [2.24, 2.45) is 5.73 Å². The van der Waals surface area contributed by atoms with Crippen LogP contribution in [0.5, 0.6) is 0 Å². The number of hydrogen-bond acceptors (Lipinski definition) is 1. The molecule has 1 aliphatic rings. The summed E-state index contributed by atoms with van der Waals surface area (Å²) >= 11 is 3.61. The third-order valence-corrected chi connectivity index (χ3v) is 4.28. The second-order valence-corrected chi connectivity index (χ2v) is 6.29. The Balaban J connectivity index is 2.42. The molecule has 1 nitrogen and oxygen atoms in total. The maximum Gasteiger partial charge on any atom is 0.0181 e. The van der Waals surface area contributed by atoms with Gasteiger partial charge in [0.25, 0.3) is 0 Å². The van der Waals surface area contributed by atoms with Crippen LogP contribution in [0.25, 0.3) is 0 Å². The molecule has 0 aromatic heterocycles. The first-order valence-electron chi connectivity index (χ1n) is 6.02. The molecular formula is C14H20BrN. The van der Waals surface area contributed by atoms with Crippen LogP contribution in [-0.2, 0) is 5.41 Å². The molecule has 16 heavy (non-hydrogen) atoms. The van der Waals surface area contributed by atoms with Crippen LogP contribution in [0.15, 0.2) is 22.7 Å². The van der Waals surface area contributed by atoms with E-state index in [-0.39, 0.29) is 11.5 Å². The van der Waals surface area contributed by atoms with E-state index < -0.39 is 0 Å². The molecule has 1 atom stereocenters. The van der Waals surface area contributed by atoms with Crippen molar-refractivity contribution in [1.29, 1.82) is 0 Å². The Bertz CT molecular complexity index is 392. The van der Waals surface area contributed by atoms with Gasteiger partial charge in [0.1, 0.15) is 0 Å². The Kier molecular flexibility index (Phi) is 3.15. The van der Waals surface area contributed by atoms with Crippen LogP contribution < -0.4 is 5.73 Å². The lowest BCUT2D eigenvalue weighted by Gasteiger charge is -2.22. The summed E-state index contributed by atoms with van der Waals surface area (Å²) in [6, 6.07) is 7.04. The van der Waals surface area contributed by atoms with Gasteiger partial charge in [0.05, 0.1) is 0 Å². The molecular weight excluding hydrogens is 262 g/mol. The van der Waals surface area contributed by atoms with Crippen LogP contribution in [-0.4, -0.2) is 6.04 Å². The largest absolute Gasteiger partial charge is 0.327 e. The van der Waals surface area contributed by atoms with Crippen LogP contribution in [0.1, 0.15) is 50.7 Å². The molecule has 0 spiro atoms. The highest BCUT2D eigenvalue weighted by atomic mass is 79.9. The van der Waals surface area contributed by atoms with E-state index in [1.54, 1.807) is 0 Å². The van der Waals surface area contributed by atoms with Gasteiger partial charge in [-0.1, -0.05) is 35.8 Å². The maximum absolute atomic E-state index is 6.13. The van der Waals surface area contributed by atoms with Crippen molar-refractivity contribution in [3.63, 3.8) is 0 Å². The van der Waals surface area contributed by atoms with Gasteiger partial charge < -0.3 is 5.73 Å². The standard InChI is InChI=1S/C14H20BrN/c1-9(2)11-6-12(8-13(15)7-11)14(4-5-14)10(3)16/h6-10H,4-5,16H2,1-3H3. The summed E-state index contributed by atoms with van der Waals surface area (Å²) in [6.07, 6.45) is 2.47. The van der Waals surface area contributed by atoms with E-state index in [0.717, 1.165) is 0 Å². The quantitative estimate of drug-likeness (QED) is 0.892. The molecule has 1 aromatic carbocycles. The molecule has 0 aliphatic heterocycles. The zero-order chi connectivity index (χ0) is 11.9. The van der Waals surface area contributed by atoms with Gasteiger partial charge in [-0.2, -0.15) is 0 Å². The van der Waals surface area contributed by atoms with E-state index in [2.05, 4.69) is 54.9 Å². The van der Waals surface area contributed by atoms with Gasteiger partial charge in [0, 0.05) is 15.9 Å². The predicted molar refractivity (Wildman–Crippen MR) is 72.8 cm³/mol. The molecule has 88 valence electrons. The minimum atomic E-state index is 0.252. The van der Waals surface area contributed by atoms with Gasteiger partial charge in [-0.05, 0) is 48.9 Å². The van der Waals surface area contributed by atoms with Gasteiger partial charge in [0.15, 0.2) is 0 Å². The van der Waals surface area contributed by atoms with Gasteiger partial charge in [-0.3, -0.25) is 0 Å².